The van der Waals surface area contributed by atoms with Crippen molar-refractivity contribution in [2.45, 2.75) is 66.3 Å². The normalized spacial score (nSPS) is 22.6. The molecular weight excluding hydrogens is 224 g/mol. The molecule has 1 saturated carbocycles. The fourth-order valence-electron chi connectivity index (χ4n) is 2.41. The number of nitrogens with one attached hydrogen (secondary N) is 1. The molecule has 0 heterocycles. The first-order valence-electron chi connectivity index (χ1n) is 7.15. The zero-order valence-electron chi connectivity index (χ0n) is 12.7. The Morgan fingerprint density at radius 1 is 1.33 bits per heavy atom. The summed E-state index contributed by atoms with van der Waals surface area (Å²) >= 11 is 0. The highest BCUT2D eigenvalue weighted by molar-refractivity contribution is 5.82. The van der Waals surface area contributed by atoms with Gasteiger partial charge in [-0.25, -0.2) is 0 Å². The van der Waals surface area contributed by atoms with E-state index in [0.29, 0.717) is 11.3 Å². The van der Waals surface area contributed by atoms with Crippen molar-refractivity contribution in [2.24, 2.45) is 22.5 Å². The van der Waals surface area contributed by atoms with Crippen LogP contribution in [0.25, 0.3) is 0 Å². The zero-order valence-corrected chi connectivity index (χ0v) is 12.7. The molecule has 0 bridgehead atoms. The maximum Gasteiger partial charge on any atom is 0.237 e. The molecule has 1 amide bonds. The number of carbonyl (C=O) groups excluding carboxylic acids is 1. The van der Waals surface area contributed by atoms with Gasteiger partial charge in [-0.05, 0) is 42.4 Å². The summed E-state index contributed by atoms with van der Waals surface area (Å²) in [5.74, 6) is 0.626. The molecule has 0 radical (unpaired) electrons. The Morgan fingerprint density at radius 2 is 1.83 bits per heavy atom. The Hall–Kier alpha value is -0.570. The van der Waals surface area contributed by atoms with Crippen LogP contribution in [0.1, 0.15) is 60.3 Å². The van der Waals surface area contributed by atoms with E-state index in [4.69, 9.17) is 5.73 Å². The maximum atomic E-state index is 11.9. The number of hydrogen-bond acceptors (Lipinski definition) is 2. The van der Waals surface area contributed by atoms with E-state index in [0.717, 1.165) is 6.54 Å². The third kappa shape index (κ3) is 4.60. The highest BCUT2D eigenvalue weighted by Crippen LogP contribution is 2.37. The van der Waals surface area contributed by atoms with Crippen LogP contribution in [0.5, 0.6) is 0 Å². The summed E-state index contributed by atoms with van der Waals surface area (Å²) in [6.45, 7) is 11.5. The van der Waals surface area contributed by atoms with E-state index in [2.05, 4.69) is 19.2 Å². The summed E-state index contributed by atoms with van der Waals surface area (Å²) in [4.78, 5) is 11.9. The van der Waals surface area contributed by atoms with Crippen LogP contribution in [-0.4, -0.2) is 18.5 Å². The third-order valence-corrected chi connectivity index (χ3v) is 4.24. The molecular formula is C15H30N2O. The first-order valence-corrected chi connectivity index (χ1v) is 7.15. The summed E-state index contributed by atoms with van der Waals surface area (Å²) in [6, 6.07) is -0.419. The molecule has 3 nitrogen and oxygen atoms in total. The van der Waals surface area contributed by atoms with Crippen LogP contribution in [0.4, 0.5) is 0 Å². The summed E-state index contributed by atoms with van der Waals surface area (Å²) in [7, 11) is 0. The molecule has 3 heteroatoms. The van der Waals surface area contributed by atoms with Crippen molar-refractivity contribution in [3.8, 4) is 0 Å². The van der Waals surface area contributed by atoms with Crippen LogP contribution in [-0.2, 0) is 4.79 Å². The van der Waals surface area contributed by atoms with Crippen LogP contribution in [0.2, 0.25) is 0 Å². The predicted molar refractivity (Wildman–Crippen MR) is 76.2 cm³/mol. The lowest BCUT2D eigenvalue weighted by atomic mass is 9.73. The van der Waals surface area contributed by atoms with Crippen molar-refractivity contribution in [3.63, 3.8) is 0 Å². The SMILES string of the molecule is CC1(C)CCC(CNC(=O)[C@@H](N)C(C)(C)C)CC1. The lowest BCUT2D eigenvalue weighted by Gasteiger charge is -2.34. The Morgan fingerprint density at radius 3 is 2.28 bits per heavy atom. The van der Waals surface area contributed by atoms with Crippen LogP contribution in [0.3, 0.4) is 0 Å². The smallest absolute Gasteiger partial charge is 0.237 e. The first kappa shape index (κ1) is 15.5. The number of rotatable bonds is 3. The van der Waals surface area contributed by atoms with E-state index in [1.807, 2.05) is 20.8 Å². The third-order valence-electron chi connectivity index (χ3n) is 4.24. The lowest BCUT2D eigenvalue weighted by molar-refractivity contribution is -0.124. The van der Waals surface area contributed by atoms with E-state index in [1.165, 1.54) is 25.7 Å². The molecule has 0 saturated heterocycles. The van der Waals surface area contributed by atoms with Gasteiger partial charge >= 0.3 is 0 Å². The van der Waals surface area contributed by atoms with Crippen molar-refractivity contribution < 1.29 is 4.79 Å². The Balaban J connectivity index is 2.32. The van der Waals surface area contributed by atoms with Gasteiger partial charge in [0.25, 0.3) is 0 Å². The van der Waals surface area contributed by atoms with Crippen LogP contribution in [0, 0.1) is 16.7 Å². The highest BCUT2D eigenvalue weighted by atomic mass is 16.2. The molecule has 106 valence electrons. The first-order chi connectivity index (χ1) is 8.12. The molecule has 1 atom stereocenters. The minimum absolute atomic E-state index is 0.00710. The van der Waals surface area contributed by atoms with Gasteiger partial charge in [-0.1, -0.05) is 34.6 Å². The van der Waals surface area contributed by atoms with Crippen molar-refractivity contribution >= 4 is 5.91 Å². The van der Waals surface area contributed by atoms with Crippen LogP contribution < -0.4 is 11.1 Å². The Bertz CT molecular complexity index is 281. The van der Waals surface area contributed by atoms with Crippen molar-refractivity contribution in [2.75, 3.05) is 6.54 Å². The van der Waals surface area contributed by atoms with E-state index in [9.17, 15) is 4.79 Å². The van der Waals surface area contributed by atoms with Crippen LogP contribution in [0.15, 0.2) is 0 Å². The lowest BCUT2D eigenvalue weighted by Crippen LogP contribution is -2.49. The molecule has 0 aliphatic heterocycles. The molecule has 0 aromatic rings. The minimum Gasteiger partial charge on any atom is -0.354 e. The van der Waals surface area contributed by atoms with Gasteiger partial charge in [0.2, 0.25) is 5.91 Å². The van der Waals surface area contributed by atoms with E-state index in [1.54, 1.807) is 0 Å². The number of carbonyl (C=O) groups is 1. The summed E-state index contributed by atoms with van der Waals surface area (Å²) < 4.78 is 0. The van der Waals surface area contributed by atoms with Gasteiger partial charge in [-0.2, -0.15) is 0 Å². The van der Waals surface area contributed by atoms with Crippen molar-refractivity contribution in [3.05, 3.63) is 0 Å². The Labute approximate surface area is 112 Å². The average molecular weight is 254 g/mol. The molecule has 0 aromatic carbocycles. The number of amides is 1. The fraction of sp³-hybridized carbons (Fsp3) is 0.933. The van der Waals surface area contributed by atoms with Gasteiger partial charge in [0.15, 0.2) is 0 Å². The van der Waals surface area contributed by atoms with E-state index >= 15 is 0 Å². The largest absolute Gasteiger partial charge is 0.354 e. The van der Waals surface area contributed by atoms with Crippen molar-refractivity contribution in [1.82, 2.24) is 5.32 Å². The molecule has 3 N–H and O–H groups in total. The van der Waals surface area contributed by atoms with Gasteiger partial charge in [0.05, 0.1) is 6.04 Å². The summed E-state index contributed by atoms with van der Waals surface area (Å²) in [6.07, 6.45) is 4.97. The summed E-state index contributed by atoms with van der Waals surface area (Å²) in [5.41, 5.74) is 6.26. The van der Waals surface area contributed by atoms with Gasteiger partial charge in [-0.15, -0.1) is 0 Å². The molecule has 18 heavy (non-hydrogen) atoms. The summed E-state index contributed by atoms with van der Waals surface area (Å²) in [5, 5.41) is 3.02. The van der Waals surface area contributed by atoms with E-state index in [-0.39, 0.29) is 11.3 Å². The second-order valence-corrected chi connectivity index (χ2v) is 7.70. The Kier molecular flexibility index (Phi) is 4.82. The molecule has 0 aromatic heterocycles. The van der Waals surface area contributed by atoms with Crippen LogP contribution >= 0.6 is 0 Å². The quantitative estimate of drug-likeness (QED) is 0.813. The molecule has 1 rings (SSSR count). The predicted octanol–water partition coefficient (Wildman–Crippen LogP) is 2.69. The molecule has 1 aliphatic rings. The minimum atomic E-state index is -0.419. The van der Waals surface area contributed by atoms with Gasteiger partial charge < -0.3 is 11.1 Å². The van der Waals surface area contributed by atoms with Gasteiger partial charge in [0, 0.05) is 6.54 Å². The topological polar surface area (TPSA) is 55.1 Å². The second kappa shape index (κ2) is 5.60. The molecule has 0 unspecified atom stereocenters. The molecule has 1 fully saturated rings. The van der Waals surface area contributed by atoms with Crippen molar-refractivity contribution in [1.29, 1.82) is 0 Å². The number of nitrogens with two attached hydrogens (primary N) is 1. The highest BCUT2D eigenvalue weighted by Gasteiger charge is 2.29. The average Bonchev–Trinajstić information content (AvgIpc) is 2.25. The second-order valence-electron chi connectivity index (χ2n) is 7.70. The fourth-order valence-corrected chi connectivity index (χ4v) is 2.41. The zero-order chi connectivity index (χ0) is 14.0. The molecule has 1 aliphatic carbocycles. The number of hydrogen-bond donors (Lipinski definition) is 2. The van der Waals surface area contributed by atoms with E-state index < -0.39 is 6.04 Å². The monoisotopic (exact) mass is 254 g/mol. The standard InChI is InChI=1S/C15H30N2O/c1-14(2,3)12(16)13(18)17-10-11-6-8-15(4,5)9-7-11/h11-12H,6-10,16H2,1-5H3,(H,17,18)/t12-/m1/s1. The molecule has 0 spiro atoms. The maximum absolute atomic E-state index is 11.9. The van der Waals surface area contributed by atoms with Gasteiger partial charge in [-0.3, -0.25) is 4.79 Å². The van der Waals surface area contributed by atoms with Gasteiger partial charge in [0.1, 0.15) is 0 Å².